The summed E-state index contributed by atoms with van der Waals surface area (Å²) in [7, 11) is 0. The number of hydrogen-bond acceptors (Lipinski definition) is 3. The number of anilines is 1. The van der Waals surface area contributed by atoms with Crippen LogP contribution in [0.15, 0.2) is 76.1 Å². The van der Waals surface area contributed by atoms with E-state index in [1.165, 1.54) is 12.1 Å². The molecule has 1 aromatic heterocycles. The SMILES string of the molecule is Cc1ccc(NC(=O)c2cc3ccccc3oc2=Nc2cccc(Cl)c2F)c(C)c1. The van der Waals surface area contributed by atoms with Gasteiger partial charge in [-0.25, -0.2) is 9.38 Å². The largest absolute Gasteiger partial charge is 0.438 e. The molecular weight excluding hydrogens is 403 g/mol. The van der Waals surface area contributed by atoms with Gasteiger partial charge in [0.25, 0.3) is 5.91 Å². The smallest absolute Gasteiger partial charge is 0.261 e. The number of nitrogens with zero attached hydrogens (tertiary/aromatic N) is 1. The van der Waals surface area contributed by atoms with Gasteiger partial charge in [0.1, 0.15) is 16.8 Å². The number of carbonyl (C=O) groups excluding carboxylic acids is 1. The Kier molecular flexibility index (Phi) is 5.38. The average molecular weight is 421 g/mol. The van der Waals surface area contributed by atoms with E-state index in [1.807, 2.05) is 50.2 Å². The van der Waals surface area contributed by atoms with Gasteiger partial charge < -0.3 is 9.73 Å². The molecule has 0 fully saturated rings. The number of halogens is 2. The molecular formula is C24H18ClFN2O2. The second-order valence-electron chi connectivity index (χ2n) is 6.96. The minimum atomic E-state index is -0.678. The summed E-state index contributed by atoms with van der Waals surface area (Å²) in [6, 6.07) is 19.1. The molecule has 0 atom stereocenters. The van der Waals surface area contributed by atoms with Crippen molar-refractivity contribution in [1.82, 2.24) is 0 Å². The summed E-state index contributed by atoms with van der Waals surface area (Å²) in [5.74, 6) is -1.08. The Morgan fingerprint density at radius 2 is 1.83 bits per heavy atom. The van der Waals surface area contributed by atoms with Crippen LogP contribution in [0, 0.1) is 19.7 Å². The first-order valence-corrected chi connectivity index (χ1v) is 9.70. The zero-order valence-electron chi connectivity index (χ0n) is 16.4. The van der Waals surface area contributed by atoms with E-state index in [9.17, 15) is 9.18 Å². The van der Waals surface area contributed by atoms with Crippen molar-refractivity contribution in [1.29, 1.82) is 0 Å². The molecule has 3 aromatic carbocycles. The van der Waals surface area contributed by atoms with E-state index in [1.54, 1.807) is 18.2 Å². The number of rotatable bonds is 3. The summed E-state index contributed by atoms with van der Waals surface area (Å²) in [4.78, 5) is 17.4. The average Bonchev–Trinajstić information content (AvgIpc) is 2.73. The fraction of sp³-hybridized carbons (Fsp3) is 0.0833. The van der Waals surface area contributed by atoms with Crippen LogP contribution in [0.5, 0.6) is 0 Å². The van der Waals surface area contributed by atoms with Gasteiger partial charge in [-0.15, -0.1) is 0 Å². The van der Waals surface area contributed by atoms with Gasteiger partial charge in [0.2, 0.25) is 5.55 Å². The summed E-state index contributed by atoms with van der Waals surface area (Å²) in [5, 5.41) is 3.57. The third-order valence-corrected chi connectivity index (χ3v) is 4.98. The number of fused-ring (bicyclic) bond motifs is 1. The number of para-hydroxylation sites is 1. The van der Waals surface area contributed by atoms with E-state index in [0.29, 0.717) is 11.3 Å². The lowest BCUT2D eigenvalue weighted by molar-refractivity contribution is 0.102. The maximum absolute atomic E-state index is 14.4. The number of hydrogen-bond donors (Lipinski definition) is 1. The number of benzene rings is 3. The number of amides is 1. The van der Waals surface area contributed by atoms with Gasteiger partial charge in [-0.3, -0.25) is 4.79 Å². The normalized spacial score (nSPS) is 11.7. The van der Waals surface area contributed by atoms with Crippen molar-refractivity contribution in [2.45, 2.75) is 13.8 Å². The molecule has 4 aromatic rings. The molecule has 1 heterocycles. The van der Waals surface area contributed by atoms with Crippen molar-refractivity contribution in [3.05, 3.63) is 99.8 Å². The maximum atomic E-state index is 14.4. The number of aryl methyl sites for hydroxylation is 2. The zero-order chi connectivity index (χ0) is 21.3. The monoisotopic (exact) mass is 420 g/mol. The van der Waals surface area contributed by atoms with Gasteiger partial charge in [0, 0.05) is 11.1 Å². The van der Waals surface area contributed by atoms with E-state index < -0.39 is 11.7 Å². The predicted octanol–water partition coefficient (Wildman–Crippen LogP) is 6.33. The van der Waals surface area contributed by atoms with E-state index in [4.69, 9.17) is 16.0 Å². The van der Waals surface area contributed by atoms with Gasteiger partial charge in [-0.1, -0.05) is 53.6 Å². The van der Waals surface area contributed by atoms with Crippen LogP contribution in [0.25, 0.3) is 11.0 Å². The molecule has 0 aliphatic rings. The van der Waals surface area contributed by atoms with E-state index >= 15 is 0 Å². The van der Waals surface area contributed by atoms with Crippen LogP contribution < -0.4 is 10.9 Å². The first-order chi connectivity index (χ1) is 14.4. The fourth-order valence-corrected chi connectivity index (χ4v) is 3.32. The molecule has 0 saturated heterocycles. The highest BCUT2D eigenvalue weighted by molar-refractivity contribution is 6.31. The van der Waals surface area contributed by atoms with E-state index in [2.05, 4.69) is 10.3 Å². The van der Waals surface area contributed by atoms with Crippen LogP contribution in [-0.2, 0) is 0 Å². The summed E-state index contributed by atoms with van der Waals surface area (Å²) >= 11 is 5.87. The number of nitrogens with one attached hydrogen (secondary N) is 1. The Bertz CT molecular complexity index is 1340. The van der Waals surface area contributed by atoms with Crippen LogP contribution >= 0.6 is 11.6 Å². The molecule has 4 nitrogen and oxygen atoms in total. The molecule has 6 heteroatoms. The molecule has 30 heavy (non-hydrogen) atoms. The highest BCUT2D eigenvalue weighted by Gasteiger charge is 2.15. The molecule has 0 spiro atoms. The Morgan fingerprint density at radius 1 is 1.03 bits per heavy atom. The first-order valence-electron chi connectivity index (χ1n) is 9.32. The second kappa shape index (κ2) is 8.13. The highest BCUT2D eigenvalue weighted by atomic mass is 35.5. The van der Waals surface area contributed by atoms with Crippen molar-refractivity contribution in [3.8, 4) is 0 Å². The van der Waals surface area contributed by atoms with Gasteiger partial charge in [0.15, 0.2) is 5.82 Å². The summed E-state index contributed by atoms with van der Waals surface area (Å²) in [5.41, 5.74) is 3.41. The first kappa shape index (κ1) is 19.9. The minimum absolute atomic E-state index is 0.00266. The van der Waals surface area contributed by atoms with E-state index in [0.717, 1.165) is 16.5 Å². The zero-order valence-corrected chi connectivity index (χ0v) is 17.1. The second-order valence-corrected chi connectivity index (χ2v) is 7.37. The van der Waals surface area contributed by atoms with Crippen LogP contribution in [0.3, 0.4) is 0 Å². The molecule has 0 aliphatic carbocycles. The predicted molar refractivity (Wildman–Crippen MR) is 117 cm³/mol. The minimum Gasteiger partial charge on any atom is -0.438 e. The Hall–Kier alpha value is -3.44. The van der Waals surface area contributed by atoms with Crippen LogP contribution in [0.2, 0.25) is 5.02 Å². The molecule has 0 saturated carbocycles. The molecule has 150 valence electrons. The van der Waals surface area contributed by atoms with Gasteiger partial charge in [-0.2, -0.15) is 0 Å². The van der Waals surface area contributed by atoms with Gasteiger partial charge in [0.05, 0.1) is 5.02 Å². The van der Waals surface area contributed by atoms with Crippen molar-refractivity contribution in [2.24, 2.45) is 4.99 Å². The highest BCUT2D eigenvalue weighted by Crippen LogP contribution is 2.25. The Labute approximate surface area is 177 Å². The lowest BCUT2D eigenvalue weighted by Crippen LogP contribution is -2.22. The third-order valence-electron chi connectivity index (χ3n) is 4.68. The third kappa shape index (κ3) is 3.98. The molecule has 4 rings (SSSR count). The van der Waals surface area contributed by atoms with Crippen LogP contribution in [0.4, 0.5) is 15.8 Å². The van der Waals surface area contributed by atoms with Crippen molar-refractivity contribution < 1.29 is 13.6 Å². The molecule has 1 N–H and O–H groups in total. The quantitative estimate of drug-likeness (QED) is 0.421. The molecule has 1 amide bonds. The molecule has 0 unspecified atom stereocenters. The van der Waals surface area contributed by atoms with E-state index in [-0.39, 0.29) is 21.8 Å². The standard InChI is InChI=1S/C24H18ClFN2O2/c1-14-10-11-19(15(2)12-14)27-23(29)17-13-16-6-3-4-9-21(16)30-24(17)28-20-8-5-7-18(25)22(20)26/h3-13H,1-2H3,(H,27,29). The Morgan fingerprint density at radius 3 is 2.63 bits per heavy atom. The maximum Gasteiger partial charge on any atom is 0.261 e. The molecule has 0 aliphatic heterocycles. The summed E-state index contributed by atoms with van der Waals surface area (Å²) < 4.78 is 20.3. The van der Waals surface area contributed by atoms with Crippen molar-refractivity contribution >= 4 is 39.9 Å². The molecule has 0 radical (unpaired) electrons. The van der Waals surface area contributed by atoms with Gasteiger partial charge >= 0.3 is 0 Å². The molecule has 0 bridgehead atoms. The summed E-state index contributed by atoms with van der Waals surface area (Å²) in [6.45, 7) is 3.90. The Balaban J connectivity index is 1.87. The number of carbonyl (C=O) groups is 1. The lowest BCUT2D eigenvalue weighted by Gasteiger charge is -2.10. The van der Waals surface area contributed by atoms with Crippen molar-refractivity contribution in [2.75, 3.05) is 5.32 Å². The van der Waals surface area contributed by atoms with Crippen LogP contribution in [-0.4, -0.2) is 5.91 Å². The topological polar surface area (TPSA) is 54.6 Å². The lowest BCUT2D eigenvalue weighted by atomic mass is 10.1. The van der Waals surface area contributed by atoms with Crippen molar-refractivity contribution in [3.63, 3.8) is 0 Å². The van der Waals surface area contributed by atoms with Gasteiger partial charge in [-0.05, 0) is 49.7 Å². The van der Waals surface area contributed by atoms with Crippen LogP contribution in [0.1, 0.15) is 21.5 Å². The summed E-state index contributed by atoms with van der Waals surface area (Å²) in [6.07, 6.45) is 0. The fourth-order valence-electron chi connectivity index (χ4n) is 3.15.